The van der Waals surface area contributed by atoms with Gasteiger partial charge < -0.3 is 30.1 Å². The summed E-state index contributed by atoms with van der Waals surface area (Å²) in [5.74, 6) is -2.51. The number of rotatable bonds is 4. The fourth-order valence-corrected chi connectivity index (χ4v) is 8.36. The van der Waals surface area contributed by atoms with Crippen LogP contribution < -0.4 is 5.32 Å². The molecular formula is C33H49NO7S. The monoisotopic (exact) mass is 603 g/mol. The minimum Gasteiger partial charge on any atom is -0.504 e. The number of ether oxygens (including phenoxy) is 2. The summed E-state index contributed by atoms with van der Waals surface area (Å²) in [5, 5.41) is 38.0. The number of nitrogens with one attached hydrogen (secondary N) is 1. The number of carbonyl (C=O) groups is 2. The van der Waals surface area contributed by atoms with Crippen molar-refractivity contribution >= 4 is 23.5 Å². The summed E-state index contributed by atoms with van der Waals surface area (Å²) in [7, 11) is 0. The third-order valence-corrected chi connectivity index (χ3v) is 10.7. The lowest BCUT2D eigenvalue weighted by Crippen LogP contribution is -2.50. The molecule has 1 aliphatic carbocycles. The molecule has 8 nitrogen and oxygen atoms in total. The molecule has 4 bridgehead atoms. The Labute approximate surface area is 254 Å². The molecule has 9 atom stereocenters. The van der Waals surface area contributed by atoms with E-state index in [2.05, 4.69) is 32.2 Å². The number of amides is 1. The van der Waals surface area contributed by atoms with Gasteiger partial charge in [0.25, 0.3) is 0 Å². The van der Waals surface area contributed by atoms with Crippen LogP contribution in [0.2, 0.25) is 0 Å². The summed E-state index contributed by atoms with van der Waals surface area (Å²) < 4.78 is 13.1. The van der Waals surface area contributed by atoms with Crippen molar-refractivity contribution in [3.05, 3.63) is 44.8 Å². The van der Waals surface area contributed by atoms with Gasteiger partial charge in [0, 0.05) is 53.7 Å². The number of carbonyl (C=O) groups excluding carboxylic acids is 2. The normalized spacial score (nSPS) is 39.2. The van der Waals surface area contributed by atoms with Crippen LogP contribution in [0.4, 0.5) is 0 Å². The third-order valence-electron chi connectivity index (χ3n) is 9.50. The van der Waals surface area contributed by atoms with E-state index in [-0.39, 0.29) is 46.7 Å². The van der Waals surface area contributed by atoms with Crippen LogP contribution in [0.5, 0.6) is 0 Å². The highest BCUT2D eigenvalue weighted by Gasteiger charge is 2.55. The number of Topliss-reactive ketones (excluding diaryl/α,β-unsaturated/α-hetero) is 1. The molecule has 234 valence electrons. The number of allylic oxidation sites excluding steroid dienone is 4. The van der Waals surface area contributed by atoms with Gasteiger partial charge in [-0.3, -0.25) is 9.59 Å². The molecule has 1 amide bonds. The summed E-state index contributed by atoms with van der Waals surface area (Å²) in [6.07, 6.45) is 3.68. The molecule has 4 N–H and O–H groups in total. The molecule has 42 heavy (non-hydrogen) atoms. The maximum absolute atomic E-state index is 13.4. The first kappa shape index (κ1) is 32.8. The molecule has 3 heterocycles. The molecule has 0 aromatic heterocycles. The lowest BCUT2D eigenvalue weighted by atomic mass is 9.75. The van der Waals surface area contributed by atoms with E-state index in [1.54, 1.807) is 6.92 Å². The zero-order chi connectivity index (χ0) is 31.1. The SMILES string of the molecule is CC(=O)NCCSC1=C2C3=C(C)C(=O)C(O)=C2[C@@H]2O[C@H](CC[C@@H](C)/C=C(\C)C[C@@H](C)C[C@@H](C)[C@]1(O)O3)[C@H](C)[C@H](O)[C@H]2C. The van der Waals surface area contributed by atoms with Crippen molar-refractivity contribution in [2.45, 2.75) is 105 Å². The summed E-state index contributed by atoms with van der Waals surface area (Å²) in [5.41, 5.74) is 2.28. The van der Waals surface area contributed by atoms with E-state index in [4.69, 9.17) is 9.47 Å². The van der Waals surface area contributed by atoms with Crippen LogP contribution in [0, 0.1) is 29.6 Å². The first-order valence-electron chi connectivity index (χ1n) is 15.4. The van der Waals surface area contributed by atoms with Gasteiger partial charge in [0.15, 0.2) is 5.76 Å². The Balaban J connectivity index is 1.90. The van der Waals surface area contributed by atoms with Crippen LogP contribution in [0.15, 0.2) is 44.8 Å². The van der Waals surface area contributed by atoms with Crippen LogP contribution in [-0.4, -0.2) is 63.4 Å². The third kappa shape index (κ3) is 6.26. The van der Waals surface area contributed by atoms with Crippen molar-refractivity contribution in [2.24, 2.45) is 29.6 Å². The molecule has 1 saturated heterocycles. The lowest BCUT2D eigenvalue weighted by Gasteiger charge is -2.44. The summed E-state index contributed by atoms with van der Waals surface area (Å²) in [6, 6.07) is 0. The Morgan fingerprint density at radius 3 is 2.50 bits per heavy atom. The zero-order valence-corrected chi connectivity index (χ0v) is 27.1. The van der Waals surface area contributed by atoms with Gasteiger partial charge in [0.05, 0.1) is 23.2 Å². The van der Waals surface area contributed by atoms with Crippen molar-refractivity contribution in [2.75, 3.05) is 12.3 Å². The molecule has 4 aliphatic rings. The van der Waals surface area contributed by atoms with Gasteiger partial charge in [0.2, 0.25) is 17.5 Å². The Bertz CT molecular complexity index is 1220. The molecule has 0 aromatic rings. The van der Waals surface area contributed by atoms with Gasteiger partial charge in [-0.05, 0) is 51.4 Å². The van der Waals surface area contributed by atoms with E-state index in [9.17, 15) is 24.9 Å². The Morgan fingerprint density at radius 1 is 1.14 bits per heavy atom. The maximum atomic E-state index is 13.4. The van der Waals surface area contributed by atoms with Crippen molar-refractivity contribution < 1.29 is 34.4 Å². The molecule has 9 heteroatoms. The predicted molar refractivity (Wildman–Crippen MR) is 164 cm³/mol. The molecule has 3 aliphatic heterocycles. The molecule has 0 radical (unpaired) electrons. The molecule has 4 rings (SSSR count). The Hall–Kier alpha value is -2.07. The minimum absolute atomic E-state index is 0.136. The number of aliphatic hydroxyl groups excluding tert-OH is 2. The first-order chi connectivity index (χ1) is 19.7. The van der Waals surface area contributed by atoms with Gasteiger partial charge >= 0.3 is 0 Å². The van der Waals surface area contributed by atoms with Gasteiger partial charge in [0.1, 0.15) is 5.76 Å². The minimum atomic E-state index is -1.75. The van der Waals surface area contributed by atoms with E-state index in [0.717, 1.165) is 19.3 Å². The van der Waals surface area contributed by atoms with Crippen molar-refractivity contribution in [3.63, 3.8) is 0 Å². The lowest BCUT2D eigenvalue weighted by molar-refractivity contribution is -0.167. The van der Waals surface area contributed by atoms with Crippen molar-refractivity contribution in [3.8, 4) is 0 Å². The first-order valence-corrected chi connectivity index (χ1v) is 16.4. The average Bonchev–Trinajstić information content (AvgIpc) is 3.21. The van der Waals surface area contributed by atoms with Crippen molar-refractivity contribution in [1.29, 1.82) is 0 Å². The molecule has 0 saturated carbocycles. The molecule has 0 spiro atoms. The fraction of sp³-hybridized carbons (Fsp3) is 0.697. The Morgan fingerprint density at radius 2 is 1.83 bits per heavy atom. The number of fused-ring (bicyclic) bond motifs is 4. The van der Waals surface area contributed by atoms with E-state index >= 15 is 0 Å². The highest BCUT2D eigenvalue weighted by molar-refractivity contribution is 8.03. The van der Waals surface area contributed by atoms with Gasteiger partial charge in [-0.1, -0.05) is 46.3 Å². The summed E-state index contributed by atoms with van der Waals surface area (Å²) >= 11 is 1.36. The highest BCUT2D eigenvalue weighted by atomic mass is 32.2. The number of hydrogen-bond donors (Lipinski definition) is 4. The largest absolute Gasteiger partial charge is 0.504 e. The van der Waals surface area contributed by atoms with Gasteiger partial charge in [-0.25, -0.2) is 0 Å². The van der Waals surface area contributed by atoms with Gasteiger partial charge in [-0.2, -0.15) is 0 Å². The maximum Gasteiger partial charge on any atom is 0.244 e. The Kier molecular flexibility index (Phi) is 10.1. The van der Waals surface area contributed by atoms with E-state index in [0.29, 0.717) is 35.1 Å². The summed E-state index contributed by atoms with van der Waals surface area (Å²) in [4.78, 5) is 25.5. The quantitative estimate of drug-likeness (QED) is 0.251. The molecule has 0 unspecified atom stereocenters. The number of ketones is 1. The number of hydrogen-bond acceptors (Lipinski definition) is 8. The smallest absolute Gasteiger partial charge is 0.244 e. The molecule has 0 aromatic carbocycles. The highest BCUT2D eigenvalue weighted by Crippen LogP contribution is 2.55. The van der Waals surface area contributed by atoms with Crippen LogP contribution in [0.25, 0.3) is 0 Å². The fourth-order valence-electron chi connectivity index (χ4n) is 7.16. The number of aliphatic hydroxyl groups is 3. The van der Waals surface area contributed by atoms with Gasteiger partial charge in [-0.15, -0.1) is 11.8 Å². The zero-order valence-electron chi connectivity index (χ0n) is 26.3. The predicted octanol–water partition coefficient (Wildman–Crippen LogP) is 5.33. The van der Waals surface area contributed by atoms with Crippen LogP contribution in [0.3, 0.4) is 0 Å². The molecular weight excluding hydrogens is 554 g/mol. The second kappa shape index (κ2) is 12.9. The molecule has 1 fully saturated rings. The van der Waals surface area contributed by atoms with E-state index < -0.39 is 35.5 Å². The summed E-state index contributed by atoms with van der Waals surface area (Å²) in [6.45, 7) is 15.8. The topological polar surface area (TPSA) is 125 Å². The van der Waals surface area contributed by atoms with Crippen LogP contribution >= 0.6 is 11.8 Å². The average molecular weight is 604 g/mol. The second-order valence-corrected chi connectivity index (χ2v) is 14.3. The number of thioether (sulfide) groups is 1. The van der Waals surface area contributed by atoms with E-state index in [1.807, 2.05) is 20.8 Å². The van der Waals surface area contributed by atoms with Crippen LogP contribution in [0.1, 0.15) is 81.1 Å². The van der Waals surface area contributed by atoms with Crippen molar-refractivity contribution in [1.82, 2.24) is 5.32 Å². The second-order valence-electron chi connectivity index (χ2n) is 13.2. The van der Waals surface area contributed by atoms with E-state index in [1.165, 1.54) is 24.3 Å². The van der Waals surface area contributed by atoms with Crippen LogP contribution in [-0.2, 0) is 19.1 Å². The standard InChI is InChI=1S/C33H49NO7S/c1-16-9-10-24-20(5)27(36)21(6)30(40-24)25-26-31(22(7)28(37)29(25)38)41-33(39,32(26)42-12-11-34-23(8)35)19(4)15-18(3)14-17(2)13-16/h13,16,18-21,24,27,30,36,38-39H,9-12,14-15H2,1-8H3,(H,34,35)/b17-13+/t16-,18-,19-,20+,21-,24-,27+,30-,33+/m1/s1.